The minimum absolute atomic E-state index is 0.269. The molecule has 132 valence electrons. The van der Waals surface area contributed by atoms with Crippen LogP contribution in [0.25, 0.3) is 6.08 Å². The Morgan fingerprint density at radius 2 is 1.42 bits per heavy atom. The summed E-state index contributed by atoms with van der Waals surface area (Å²) in [6.07, 6.45) is 9.02. The lowest BCUT2D eigenvalue weighted by atomic mass is 9.56. The second-order valence-corrected chi connectivity index (χ2v) is 8.34. The standard InChI is InChI=1S/C25H26O/c26-25-19(16-17-6-2-1-3-7-17)11-13-23-22-12-10-18-8-4-5-9-20(18)21(22)14-15-24(23)25/h1-9,16,21-24H,10-15H2/b19-16+/t21-,22+,23+,24-/m0/s1. The third-order valence-electron chi connectivity index (χ3n) is 7.11. The summed E-state index contributed by atoms with van der Waals surface area (Å²) < 4.78 is 0. The Kier molecular flexibility index (Phi) is 4.04. The molecule has 1 heteroatoms. The van der Waals surface area contributed by atoms with Crippen LogP contribution in [0.1, 0.15) is 54.7 Å². The molecule has 0 saturated heterocycles. The number of carbonyl (C=O) groups is 1. The summed E-state index contributed by atoms with van der Waals surface area (Å²) in [5.41, 5.74) is 5.36. The van der Waals surface area contributed by atoms with Gasteiger partial charge in [0.25, 0.3) is 0 Å². The lowest BCUT2D eigenvalue weighted by Crippen LogP contribution is -2.42. The fraction of sp³-hybridized carbons (Fsp3) is 0.400. The molecule has 0 heterocycles. The predicted octanol–water partition coefficient (Wildman–Crippen LogP) is 5.81. The molecule has 0 N–H and O–H groups in total. The van der Waals surface area contributed by atoms with E-state index in [4.69, 9.17) is 0 Å². The SMILES string of the molecule is O=C1/C(=C/c2ccccc2)CC[C@@H]2[C@@H]3CCc4ccccc4[C@@H]3CC[C@H]12. The van der Waals surface area contributed by atoms with Gasteiger partial charge in [-0.3, -0.25) is 4.79 Å². The van der Waals surface area contributed by atoms with E-state index in [0.717, 1.165) is 24.0 Å². The van der Waals surface area contributed by atoms with Crippen molar-refractivity contribution in [1.29, 1.82) is 0 Å². The topological polar surface area (TPSA) is 17.1 Å². The van der Waals surface area contributed by atoms with Gasteiger partial charge in [0.05, 0.1) is 0 Å². The van der Waals surface area contributed by atoms with Gasteiger partial charge in [0.1, 0.15) is 0 Å². The number of ketones is 1. The van der Waals surface area contributed by atoms with E-state index in [1.54, 1.807) is 11.1 Å². The van der Waals surface area contributed by atoms with Gasteiger partial charge in [-0.15, -0.1) is 0 Å². The monoisotopic (exact) mass is 342 g/mol. The molecule has 2 saturated carbocycles. The van der Waals surface area contributed by atoms with E-state index in [1.807, 2.05) is 18.2 Å². The van der Waals surface area contributed by atoms with Crippen molar-refractivity contribution in [2.24, 2.45) is 17.8 Å². The fourth-order valence-corrected chi connectivity index (χ4v) is 5.95. The minimum atomic E-state index is 0.269. The van der Waals surface area contributed by atoms with Crippen molar-refractivity contribution in [3.63, 3.8) is 0 Å². The number of rotatable bonds is 1. The highest BCUT2D eigenvalue weighted by molar-refractivity contribution is 6.02. The Bertz CT molecular complexity index is 847. The largest absolute Gasteiger partial charge is 0.294 e. The van der Waals surface area contributed by atoms with Crippen molar-refractivity contribution in [2.45, 2.75) is 44.4 Å². The number of aryl methyl sites for hydroxylation is 1. The third kappa shape index (κ3) is 2.65. The van der Waals surface area contributed by atoms with E-state index < -0.39 is 0 Å². The van der Waals surface area contributed by atoms with Crippen LogP contribution >= 0.6 is 0 Å². The first-order valence-corrected chi connectivity index (χ1v) is 10.2. The Balaban J connectivity index is 1.41. The Morgan fingerprint density at radius 1 is 0.731 bits per heavy atom. The van der Waals surface area contributed by atoms with Gasteiger partial charge in [0, 0.05) is 5.92 Å². The van der Waals surface area contributed by atoms with Crippen LogP contribution in [0.2, 0.25) is 0 Å². The van der Waals surface area contributed by atoms with Gasteiger partial charge in [-0.2, -0.15) is 0 Å². The van der Waals surface area contributed by atoms with E-state index in [0.29, 0.717) is 23.5 Å². The molecule has 2 aromatic rings. The molecule has 26 heavy (non-hydrogen) atoms. The zero-order chi connectivity index (χ0) is 17.5. The van der Waals surface area contributed by atoms with Crippen molar-refractivity contribution >= 4 is 11.9 Å². The molecule has 0 spiro atoms. The summed E-state index contributed by atoms with van der Waals surface area (Å²) >= 11 is 0. The van der Waals surface area contributed by atoms with Crippen LogP contribution in [-0.2, 0) is 11.2 Å². The molecule has 3 aliphatic rings. The zero-order valence-electron chi connectivity index (χ0n) is 15.2. The van der Waals surface area contributed by atoms with Gasteiger partial charge in [-0.1, -0.05) is 54.6 Å². The van der Waals surface area contributed by atoms with Gasteiger partial charge < -0.3 is 0 Å². The molecule has 0 aromatic heterocycles. The van der Waals surface area contributed by atoms with Gasteiger partial charge in [0.15, 0.2) is 5.78 Å². The normalized spacial score (nSPS) is 31.8. The fourth-order valence-electron chi connectivity index (χ4n) is 5.95. The van der Waals surface area contributed by atoms with Crippen molar-refractivity contribution in [1.82, 2.24) is 0 Å². The van der Waals surface area contributed by atoms with Crippen molar-refractivity contribution in [2.75, 3.05) is 0 Å². The number of benzene rings is 2. The maximum atomic E-state index is 13.2. The molecule has 5 rings (SSSR count). The van der Waals surface area contributed by atoms with Crippen LogP contribution in [0.15, 0.2) is 60.2 Å². The molecule has 4 atom stereocenters. The lowest BCUT2D eigenvalue weighted by molar-refractivity contribution is -0.125. The van der Waals surface area contributed by atoms with Crippen LogP contribution in [0.5, 0.6) is 0 Å². The first kappa shape index (κ1) is 16.1. The molecule has 0 aliphatic heterocycles. The summed E-state index contributed by atoms with van der Waals surface area (Å²) in [6, 6.07) is 19.4. The third-order valence-corrected chi connectivity index (χ3v) is 7.11. The summed E-state index contributed by atoms with van der Waals surface area (Å²) in [5.74, 6) is 2.72. The molecule has 3 aliphatic carbocycles. The second kappa shape index (κ2) is 6.54. The highest BCUT2D eigenvalue weighted by atomic mass is 16.1. The molecule has 0 radical (unpaired) electrons. The number of carbonyl (C=O) groups excluding carboxylic acids is 1. The van der Waals surface area contributed by atoms with Gasteiger partial charge in [-0.05, 0) is 84.6 Å². The summed E-state index contributed by atoms with van der Waals surface area (Å²) in [6.45, 7) is 0. The van der Waals surface area contributed by atoms with Gasteiger partial charge >= 0.3 is 0 Å². The molecule has 1 nitrogen and oxygen atoms in total. The van der Waals surface area contributed by atoms with E-state index in [1.165, 1.54) is 25.7 Å². The lowest BCUT2D eigenvalue weighted by Gasteiger charge is -2.48. The quantitative estimate of drug-likeness (QED) is 0.598. The maximum absolute atomic E-state index is 13.2. The maximum Gasteiger partial charge on any atom is 0.162 e. The van der Waals surface area contributed by atoms with Crippen LogP contribution in [-0.4, -0.2) is 5.78 Å². The molecule has 0 amide bonds. The average molecular weight is 342 g/mol. The molecule has 0 unspecified atom stereocenters. The van der Waals surface area contributed by atoms with Crippen LogP contribution in [0.3, 0.4) is 0 Å². The van der Waals surface area contributed by atoms with Crippen molar-refractivity contribution < 1.29 is 4.79 Å². The number of hydrogen-bond acceptors (Lipinski definition) is 1. The molecule has 2 fully saturated rings. The van der Waals surface area contributed by atoms with E-state index >= 15 is 0 Å². The number of fused-ring (bicyclic) bond motifs is 5. The zero-order valence-corrected chi connectivity index (χ0v) is 15.2. The molecular weight excluding hydrogens is 316 g/mol. The molecular formula is C25H26O. The number of allylic oxidation sites excluding steroid dienone is 1. The summed E-state index contributed by atoms with van der Waals surface area (Å²) in [5, 5.41) is 0. The minimum Gasteiger partial charge on any atom is -0.294 e. The van der Waals surface area contributed by atoms with E-state index in [2.05, 4.69) is 42.5 Å². The predicted molar refractivity (Wildman–Crippen MR) is 106 cm³/mol. The smallest absolute Gasteiger partial charge is 0.162 e. The molecule has 2 aromatic carbocycles. The summed E-state index contributed by atoms with van der Waals surface area (Å²) in [7, 11) is 0. The van der Waals surface area contributed by atoms with Crippen molar-refractivity contribution in [3.05, 3.63) is 76.9 Å². The van der Waals surface area contributed by atoms with Crippen LogP contribution in [0, 0.1) is 17.8 Å². The number of Topliss-reactive ketones (excluding diaryl/α,β-unsaturated/α-hetero) is 1. The number of hydrogen-bond donors (Lipinski definition) is 0. The van der Waals surface area contributed by atoms with E-state index in [-0.39, 0.29) is 5.92 Å². The Morgan fingerprint density at radius 3 is 2.31 bits per heavy atom. The first-order valence-electron chi connectivity index (χ1n) is 10.2. The first-order chi connectivity index (χ1) is 12.8. The van der Waals surface area contributed by atoms with Crippen LogP contribution < -0.4 is 0 Å². The average Bonchev–Trinajstić information content (AvgIpc) is 2.70. The van der Waals surface area contributed by atoms with Gasteiger partial charge in [-0.25, -0.2) is 0 Å². The second-order valence-electron chi connectivity index (χ2n) is 8.34. The van der Waals surface area contributed by atoms with Crippen LogP contribution in [0.4, 0.5) is 0 Å². The highest BCUT2D eigenvalue weighted by Gasteiger charge is 2.46. The Labute approximate surface area is 156 Å². The van der Waals surface area contributed by atoms with Crippen molar-refractivity contribution in [3.8, 4) is 0 Å². The van der Waals surface area contributed by atoms with E-state index in [9.17, 15) is 4.79 Å². The Hall–Kier alpha value is -2.15. The summed E-state index contributed by atoms with van der Waals surface area (Å²) in [4.78, 5) is 13.2. The van der Waals surface area contributed by atoms with Gasteiger partial charge in [0.2, 0.25) is 0 Å². The highest BCUT2D eigenvalue weighted by Crippen LogP contribution is 2.53. The molecule has 0 bridgehead atoms.